The van der Waals surface area contributed by atoms with Gasteiger partial charge in [-0.05, 0) is 19.4 Å². The Kier molecular flexibility index (Phi) is 3.70. The summed E-state index contributed by atoms with van der Waals surface area (Å²) < 4.78 is 7.62. The van der Waals surface area contributed by atoms with E-state index in [4.69, 9.17) is 4.74 Å². The van der Waals surface area contributed by atoms with Crippen LogP contribution in [0.1, 0.15) is 41.7 Å². The van der Waals surface area contributed by atoms with Crippen LogP contribution in [0.2, 0.25) is 0 Å². The predicted octanol–water partition coefficient (Wildman–Crippen LogP) is 1.69. The van der Waals surface area contributed by atoms with E-state index in [0.29, 0.717) is 18.8 Å². The minimum Gasteiger partial charge on any atom is -0.365 e. The van der Waals surface area contributed by atoms with Gasteiger partial charge in [0.2, 0.25) is 0 Å². The molecule has 3 rings (SSSR count). The summed E-state index contributed by atoms with van der Waals surface area (Å²) in [6.07, 6.45) is -0.0543. The van der Waals surface area contributed by atoms with Crippen LogP contribution in [0.4, 0.5) is 0 Å². The van der Waals surface area contributed by atoms with Crippen molar-refractivity contribution in [2.24, 2.45) is 0 Å². The average molecular weight is 286 g/mol. The summed E-state index contributed by atoms with van der Waals surface area (Å²) in [4.78, 5) is 12.1. The smallest absolute Gasteiger partial charge is 0.274 e. The lowest BCUT2D eigenvalue weighted by Gasteiger charge is -2.24. The molecule has 0 unspecified atom stereocenters. The molecule has 1 aliphatic heterocycles. The van der Waals surface area contributed by atoms with E-state index in [0.717, 1.165) is 11.3 Å². The van der Waals surface area contributed by atoms with Gasteiger partial charge < -0.3 is 10.1 Å². The minimum atomic E-state index is -0.201. The summed E-state index contributed by atoms with van der Waals surface area (Å²) in [6.45, 7) is 4.74. The Balaban J connectivity index is 1.80. The van der Waals surface area contributed by atoms with Gasteiger partial charge in [0.05, 0.1) is 18.8 Å². The molecule has 0 fully saturated rings. The van der Waals surface area contributed by atoms with Gasteiger partial charge in [0.25, 0.3) is 5.91 Å². The number of fused-ring (bicyclic) bond motifs is 1. The van der Waals surface area contributed by atoms with Crippen molar-refractivity contribution in [3.05, 3.63) is 47.3 Å². The van der Waals surface area contributed by atoms with Crippen molar-refractivity contribution in [2.45, 2.75) is 39.1 Å². The maximum atomic E-state index is 12.1. The van der Waals surface area contributed by atoms with Crippen LogP contribution in [0, 0.1) is 0 Å². The van der Waals surface area contributed by atoms with Crippen LogP contribution in [0.25, 0.3) is 0 Å². The fraction of sp³-hybridized carbons (Fsp3) is 0.400. The molecule has 21 heavy (non-hydrogen) atoms. The third kappa shape index (κ3) is 2.80. The zero-order chi connectivity index (χ0) is 14.8. The second kappa shape index (κ2) is 5.65. The number of nitrogens with one attached hydrogen (secondary N) is 1. The minimum absolute atomic E-state index is 0.0543. The summed E-state index contributed by atoms with van der Waals surface area (Å²) in [5, 5.41) is 10.9. The number of hydrogen-bond donors (Lipinski definition) is 1. The molecular formula is C15H18N4O2. The number of carbonyl (C=O) groups is 1. The molecule has 0 bridgehead atoms. The summed E-state index contributed by atoms with van der Waals surface area (Å²) in [7, 11) is 0. The lowest BCUT2D eigenvalue weighted by atomic mass is 10.1. The van der Waals surface area contributed by atoms with Crippen LogP contribution in [-0.4, -0.2) is 26.9 Å². The summed E-state index contributed by atoms with van der Waals surface area (Å²) in [5.41, 5.74) is 2.20. The number of aromatic nitrogens is 3. The van der Waals surface area contributed by atoms with E-state index in [1.807, 2.05) is 44.2 Å². The summed E-state index contributed by atoms with van der Waals surface area (Å²) in [6, 6.07) is 10.1. The highest BCUT2D eigenvalue weighted by atomic mass is 16.5. The van der Waals surface area contributed by atoms with Crippen LogP contribution < -0.4 is 5.32 Å². The Bertz CT molecular complexity index is 636. The third-order valence-corrected chi connectivity index (χ3v) is 3.40. The molecule has 1 aliphatic rings. The number of hydrogen-bond acceptors (Lipinski definition) is 4. The molecular weight excluding hydrogens is 268 g/mol. The van der Waals surface area contributed by atoms with E-state index in [1.165, 1.54) is 0 Å². The fourth-order valence-electron chi connectivity index (χ4n) is 2.39. The zero-order valence-corrected chi connectivity index (χ0v) is 12.1. The SMILES string of the molecule is CC(C)NC(=O)c1nnn2c1CO[C@H](c1ccccc1)C2. The lowest BCUT2D eigenvalue weighted by molar-refractivity contribution is -0.00177. The monoisotopic (exact) mass is 286 g/mol. The topological polar surface area (TPSA) is 69.0 Å². The molecule has 1 N–H and O–H groups in total. The Labute approximate surface area is 123 Å². The van der Waals surface area contributed by atoms with Crippen molar-refractivity contribution in [1.29, 1.82) is 0 Å². The van der Waals surface area contributed by atoms with Gasteiger partial charge in [-0.2, -0.15) is 0 Å². The molecule has 1 amide bonds. The maximum Gasteiger partial charge on any atom is 0.274 e. The van der Waals surface area contributed by atoms with Crippen molar-refractivity contribution < 1.29 is 9.53 Å². The molecule has 2 heterocycles. The van der Waals surface area contributed by atoms with Crippen LogP contribution in [0.3, 0.4) is 0 Å². The van der Waals surface area contributed by atoms with Gasteiger partial charge in [0, 0.05) is 6.04 Å². The zero-order valence-electron chi connectivity index (χ0n) is 12.1. The molecule has 1 atom stereocenters. The average Bonchev–Trinajstić information content (AvgIpc) is 2.90. The summed E-state index contributed by atoms with van der Waals surface area (Å²) in [5.74, 6) is -0.201. The Morgan fingerprint density at radius 2 is 2.14 bits per heavy atom. The van der Waals surface area contributed by atoms with Gasteiger partial charge in [-0.25, -0.2) is 4.68 Å². The number of ether oxygens (including phenoxy) is 1. The normalized spacial score (nSPS) is 17.6. The van der Waals surface area contributed by atoms with Crippen molar-refractivity contribution in [1.82, 2.24) is 20.3 Å². The molecule has 2 aromatic rings. The third-order valence-electron chi connectivity index (χ3n) is 3.40. The largest absolute Gasteiger partial charge is 0.365 e. The molecule has 0 saturated heterocycles. The molecule has 1 aromatic carbocycles. The first-order chi connectivity index (χ1) is 10.1. The fourth-order valence-corrected chi connectivity index (χ4v) is 2.39. The van der Waals surface area contributed by atoms with Crippen molar-refractivity contribution in [3.63, 3.8) is 0 Å². The van der Waals surface area contributed by atoms with Gasteiger partial charge in [0.1, 0.15) is 6.10 Å². The molecule has 6 nitrogen and oxygen atoms in total. The van der Waals surface area contributed by atoms with E-state index >= 15 is 0 Å². The first-order valence-electron chi connectivity index (χ1n) is 7.05. The Morgan fingerprint density at radius 1 is 1.38 bits per heavy atom. The first kappa shape index (κ1) is 13.8. The number of nitrogens with zero attached hydrogens (tertiary/aromatic N) is 3. The predicted molar refractivity (Wildman–Crippen MR) is 76.6 cm³/mol. The van der Waals surface area contributed by atoms with Crippen molar-refractivity contribution >= 4 is 5.91 Å². The second-order valence-electron chi connectivity index (χ2n) is 5.41. The van der Waals surface area contributed by atoms with E-state index in [9.17, 15) is 4.79 Å². The van der Waals surface area contributed by atoms with Crippen LogP contribution in [0.15, 0.2) is 30.3 Å². The highest BCUT2D eigenvalue weighted by Gasteiger charge is 2.27. The van der Waals surface area contributed by atoms with E-state index in [1.54, 1.807) is 4.68 Å². The first-order valence-corrected chi connectivity index (χ1v) is 7.05. The van der Waals surface area contributed by atoms with Gasteiger partial charge in [-0.15, -0.1) is 5.10 Å². The number of carbonyl (C=O) groups excluding carboxylic acids is 1. The molecule has 110 valence electrons. The van der Waals surface area contributed by atoms with Crippen LogP contribution in [0.5, 0.6) is 0 Å². The number of rotatable bonds is 3. The van der Waals surface area contributed by atoms with E-state index < -0.39 is 0 Å². The van der Waals surface area contributed by atoms with Gasteiger partial charge >= 0.3 is 0 Å². The van der Waals surface area contributed by atoms with Crippen molar-refractivity contribution in [3.8, 4) is 0 Å². The lowest BCUT2D eigenvalue weighted by Crippen LogP contribution is -2.32. The quantitative estimate of drug-likeness (QED) is 0.932. The van der Waals surface area contributed by atoms with E-state index in [-0.39, 0.29) is 18.1 Å². The highest BCUT2D eigenvalue weighted by molar-refractivity contribution is 5.93. The molecule has 0 aliphatic carbocycles. The van der Waals surface area contributed by atoms with Crippen molar-refractivity contribution in [2.75, 3.05) is 0 Å². The van der Waals surface area contributed by atoms with Gasteiger partial charge in [-0.3, -0.25) is 4.79 Å². The van der Waals surface area contributed by atoms with E-state index in [2.05, 4.69) is 15.6 Å². The Morgan fingerprint density at radius 3 is 2.86 bits per heavy atom. The standard InChI is InChI=1S/C15H18N4O2/c1-10(2)16-15(20)14-12-9-21-13(8-19(12)18-17-14)11-6-4-3-5-7-11/h3-7,10,13H,8-9H2,1-2H3,(H,16,20)/t13-/m0/s1. The Hall–Kier alpha value is -2.21. The van der Waals surface area contributed by atoms with Gasteiger partial charge in [0.15, 0.2) is 5.69 Å². The highest BCUT2D eigenvalue weighted by Crippen LogP contribution is 2.26. The summed E-state index contributed by atoms with van der Waals surface area (Å²) >= 11 is 0. The van der Waals surface area contributed by atoms with Crippen LogP contribution in [-0.2, 0) is 17.9 Å². The molecule has 0 radical (unpaired) electrons. The van der Waals surface area contributed by atoms with Gasteiger partial charge in [-0.1, -0.05) is 35.5 Å². The molecule has 0 spiro atoms. The molecule has 0 saturated carbocycles. The maximum absolute atomic E-state index is 12.1. The second-order valence-corrected chi connectivity index (χ2v) is 5.41. The van der Waals surface area contributed by atoms with Crippen LogP contribution >= 0.6 is 0 Å². The molecule has 6 heteroatoms. The number of benzene rings is 1. The number of amides is 1. The molecule has 1 aromatic heterocycles.